The van der Waals surface area contributed by atoms with E-state index in [0.29, 0.717) is 47.3 Å². The highest BCUT2D eigenvalue weighted by Crippen LogP contribution is 2.23. The second kappa shape index (κ2) is 18.9. The molecule has 3 aromatic rings. The van der Waals surface area contributed by atoms with Gasteiger partial charge in [0, 0.05) is 60.7 Å². The molecule has 254 valence electrons. The van der Waals surface area contributed by atoms with Crippen molar-refractivity contribution < 1.29 is 4.42 Å². The number of hydrogen-bond acceptors (Lipinski definition) is 5. The highest BCUT2D eigenvalue weighted by molar-refractivity contribution is 5.90. The van der Waals surface area contributed by atoms with E-state index in [1.807, 2.05) is 18.6 Å². The number of oxazole rings is 1. The van der Waals surface area contributed by atoms with Crippen molar-refractivity contribution >= 4 is 5.71 Å². The van der Waals surface area contributed by atoms with Crippen LogP contribution in [0.15, 0.2) is 39.6 Å². The van der Waals surface area contributed by atoms with Crippen LogP contribution in [0.5, 0.6) is 0 Å². The summed E-state index contributed by atoms with van der Waals surface area (Å²) in [6.07, 6.45) is 6.95. The number of allylic oxidation sites excluding steroid dienone is 1. The summed E-state index contributed by atoms with van der Waals surface area (Å²) in [5, 5.41) is 7.25. The van der Waals surface area contributed by atoms with Crippen LogP contribution in [0, 0.1) is 11.8 Å². The fourth-order valence-electron chi connectivity index (χ4n) is 4.46. The monoisotopic (exact) mass is 623 g/mol. The molecule has 45 heavy (non-hydrogen) atoms. The van der Waals surface area contributed by atoms with Gasteiger partial charge in [0.2, 0.25) is 0 Å². The first-order valence-electron chi connectivity index (χ1n) is 17.1. The number of aliphatic imine (C=N–C) groups is 1. The first kappa shape index (κ1) is 40.1. The van der Waals surface area contributed by atoms with Gasteiger partial charge in [-0.15, -0.1) is 0 Å². The predicted octanol–water partition coefficient (Wildman–Crippen LogP) is 11.3. The quantitative estimate of drug-likeness (QED) is 0.271. The van der Waals surface area contributed by atoms with Crippen molar-refractivity contribution in [2.45, 2.75) is 153 Å². The molecule has 1 aliphatic rings. The summed E-state index contributed by atoms with van der Waals surface area (Å²) in [6.45, 7) is 34.6. The Hall–Kier alpha value is -2.96. The third kappa shape index (κ3) is 13.1. The van der Waals surface area contributed by atoms with E-state index in [9.17, 15) is 0 Å². The van der Waals surface area contributed by atoms with E-state index < -0.39 is 0 Å². The minimum absolute atomic E-state index is 0.391. The van der Waals surface area contributed by atoms with Gasteiger partial charge >= 0.3 is 0 Å². The molecule has 0 aliphatic carbocycles. The van der Waals surface area contributed by atoms with Crippen LogP contribution in [0.1, 0.15) is 187 Å². The van der Waals surface area contributed by atoms with E-state index >= 15 is 0 Å². The number of nitrogens with one attached hydrogen (secondary N) is 1. The Morgan fingerprint density at radius 3 is 1.56 bits per heavy atom. The van der Waals surface area contributed by atoms with Gasteiger partial charge in [0.25, 0.3) is 0 Å². The molecule has 1 aliphatic heterocycles. The third-order valence-electron chi connectivity index (χ3n) is 7.79. The van der Waals surface area contributed by atoms with Crippen molar-refractivity contribution in [2.24, 2.45) is 23.9 Å². The lowest BCUT2D eigenvalue weighted by Gasteiger charge is -2.09. The van der Waals surface area contributed by atoms with E-state index in [-0.39, 0.29) is 0 Å². The van der Waals surface area contributed by atoms with Crippen LogP contribution in [0.25, 0.3) is 0 Å². The van der Waals surface area contributed by atoms with Gasteiger partial charge in [0.05, 0.1) is 11.9 Å². The fraction of sp³-hybridized carbons (Fsp3) is 0.684. The highest BCUT2D eigenvalue weighted by Gasteiger charge is 2.15. The van der Waals surface area contributed by atoms with Gasteiger partial charge in [0.1, 0.15) is 11.6 Å². The molecule has 0 saturated heterocycles. The maximum atomic E-state index is 5.50. The van der Waals surface area contributed by atoms with E-state index in [1.54, 1.807) is 0 Å². The van der Waals surface area contributed by atoms with Crippen LogP contribution in [-0.2, 0) is 7.05 Å². The van der Waals surface area contributed by atoms with E-state index in [1.165, 1.54) is 28.5 Å². The molecule has 0 aromatic carbocycles. The van der Waals surface area contributed by atoms with Crippen molar-refractivity contribution in [3.8, 4) is 0 Å². The largest absolute Gasteiger partial charge is 0.445 e. The Morgan fingerprint density at radius 2 is 1.29 bits per heavy atom. The zero-order valence-electron chi connectivity index (χ0n) is 31.8. The number of hydrogen-bond donors (Lipinski definition) is 1. The first-order chi connectivity index (χ1) is 20.9. The van der Waals surface area contributed by atoms with Crippen molar-refractivity contribution in [1.82, 2.24) is 24.7 Å². The minimum Gasteiger partial charge on any atom is -0.445 e. The Balaban J connectivity index is 0.000000300. The molecule has 4 rings (SSSR count). The summed E-state index contributed by atoms with van der Waals surface area (Å²) in [7, 11) is 2.09. The van der Waals surface area contributed by atoms with E-state index in [2.05, 4.69) is 154 Å². The highest BCUT2D eigenvalue weighted by atomic mass is 16.4. The van der Waals surface area contributed by atoms with Gasteiger partial charge in [-0.3, -0.25) is 10.1 Å². The number of aromatic nitrogens is 5. The van der Waals surface area contributed by atoms with Crippen LogP contribution in [0.4, 0.5) is 0 Å². The molecule has 0 saturated carbocycles. The van der Waals surface area contributed by atoms with Gasteiger partial charge in [-0.25, -0.2) is 9.97 Å². The zero-order chi connectivity index (χ0) is 34.6. The molecular formula is C38H66N6O. The fourth-order valence-corrected chi connectivity index (χ4v) is 4.46. The smallest absolute Gasteiger partial charge is 0.196 e. The van der Waals surface area contributed by atoms with Gasteiger partial charge in [-0.05, 0) is 41.2 Å². The van der Waals surface area contributed by atoms with Gasteiger partial charge < -0.3 is 8.98 Å². The summed E-state index contributed by atoms with van der Waals surface area (Å²) in [4.78, 5) is 13.0. The van der Waals surface area contributed by atoms with Crippen molar-refractivity contribution in [1.29, 1.82) is 0 Å². The molecule has 0 unspecified atom stereocenters. The lowest BCUT2D eigenvalue weighted by Crippen LogP contribution is -2.06. The number of rotatable bonds is 8. The topological polar surface area (TPSA) is 84.9 Å². The molecule has 7 nitrogen and oxygen atoms in total. The first-order valence-corrected chi connectivity index (χ1v) is 17.1. The van der Waals surface area contributed by atoms with Gasteiger partial charge in [0.15, 0.2) is 5.89 Å². The van der Waals surface area contributed by atoms with Crippen molar-refractivity contribution in [3.63, 3.8) is 0 Å². The predicted molar refractivity (Wildman–Crippen MR) is 193 cm³/mol. The van der Waals surface area contributed by atoms with Crippen LogP contribution in [0.2, 0.25) is 0 Å². The summed E-state index contributed by atoms with van der Waals surface area (Å²) in [5.41, 5.74) is 6.53. The number of imidazole rings is 1. The molecule has 1 N–H and O–H groups in total. The second-order valence-corrected chi connectivity index (χ2v) is 14.7. The minimum atomic E-state index is 0.391. The van der Waals surface area contributed by atoms with Gasteiger partial charge in [-0.1, -0.05) is 111 Å². The molecule has 4 heterocycles. The lowest BCUT2D eigenvalue weighted by molar-refractivity contribution is 0.422. The van der Waals surface area contributed by atoms with Gasteiger partial charge in [-0.2, -0.15) is 5.10 Å². The maximum absolute atomic E-state index is 5.50. The van der Waals surface area contributed by atoms with Crippen LogP contribution in [0.3, 0.4) is 0 Å². The average molecular weight is 623 g/mol. The normalized spacial score (nSPS) is 13.0. The van der Waals surface area contributed by atoms with E-state index in [4.69, 9.17) is 4.42 Å². The molecule has 0 spiro atoms. The summed E-state index contributed by atoms with van der Waals surface area (Å²) in [5.74, 6) is 7.27. The molecule has 0 amide bonds. The average Bonchev–Trinajstić information content (AvgIpc) is 3.75. The standard InChI is InChI=1S/C10H18N2.C10H17N.C9H16N2.C9H15NO/c1-7(2)9-6-11-10(8(3)4)12(9)5;1-7(2)9-5-10(8(3)4)11-6-9;1-6(2)8-5-9(7(3)4)11-10-8;1-6(2)8-5-10-9(11-8)7(3)4/h6-8H,1-5H3;6-8H,5H2,1-4H3;5-7H,1-4H3,(H,10,11);5-7H,1-4H3. The second-order valence-electron chi connectivity index (χ2n) is 14.7. The Kier molecular flexibility index (Phi) is 16.8. The summed E-state index contributed by atoms with van der Waals surface area (Å²) >= 11 is 0. The zero-order valence-corrected chi connectivity index (χ0v) is 31.8. The molecule has 3 aromatic heterocycles. The lowest BCUT2D eigenvalue weighted by atomic mass is 9.96. The maximum Gasteiger partial charge on any atom is 0.196 e. The van der Waals surface area contributed by atoms with Crippen LogP contribution in [-0.4, -0.2) is 30.4 Å². The molecule has 7 heteroatoms. The third-order valence-corrected chi connectivity index (χ3v) is 7.79. The van der Waals surface area contributed by atoms with Crippen molar-refractivity contribution in [3.05, 3.63) is 64.8 Å². The van der Waals surface area contributed by atoms with Crippen LogP contribution >= 0.6 is 0 Å². The van der Waals surface area contributed by atoms with Crippen LogP contribution < -0.4 is 0 Å². The molecule has 0 radical (unpaired) electrons. The molecule has 0 bridgehead atoms. The van der Waals surface area contributed by atoms with Crippen molar-refractivity contribution in [2.75, 3.05) is 0 Å². The Labute approximate surface area is 275 Å². The Morgan fingerprint density at radius 1 is 0.667 bits per heavy atom. The van der Waals surface area contributed by atoms with E-state index in [0.717, 1.165) is 23.8 Å². The summed E-state index contributed by atoms with van der Waals surface area (Å²) in [6, 6.07) is 2.15. The SMILES string of the molecule is CC(C)C1=CN=C(C(C)C)C1.CC(C)c1cc(C(C)C)[nH]n1.CC(C)c1cnc(C(C)C)n1C.CC(C)c1cnc(C(C)C)o1. The summed E-state index contributed by atoms with van der Waals surface area (Å²) < 4.78 is 7.70. The molecular weight excluding hydrogens is 556 g/mol. The number of aromatic amines is 1. The Bertz CT molecular complexity index is 1170. The number of nitrogens with zero attached hydrogens (tertiary/aromatic N) is 5. The number of H-pyrrole nitrogens is 1. The molecule has 0 atom stereocenters. The molecule has 0 fully saturated rings.